The molecule has 7 nitrogen and oxygen atoms in total. The van der Waals surface area contributed by atoms with E-state index in [4.69, 9.17) is 0 Å². The molecule has 0 saturated heterocycles. The molecule has 24 heavy (non-hydrogen) atoms. The molecule has 1 atom stereocenters. The summed E-state index contributed by atoms with van der Waals surface area (Å²) < 4.78 is 2.11. The first kappa shape index (κ1) is 14.8. The van der Waals surface area contributed by atoms with E-state index in [0.717, 1.165) is 37.7 Å². The van der Waals surface area contributed by atoms with Crippen LogP contribution in [0, 0.1) is 0 Å². The van der Waals surface area contributed by atoms with E-state index in [2.05, 4.69) is 10.3 Å². The molecule has 1 aliphatic rings. The van der Waals surface area contributed by atoms with Crippen LogP contribution >= 0.6 is 0 Å². The van der Waals surface area contributed by atoms with Crippen molar-refractivity contribution in [1.29, 1.82) is 0 Å². The van der Waals surface area contributed by atoms with Gasteiger partial charge in [0.1, 0.15) is 5.56 Å². The van der Waals surface area contributed by atoms with E-state index >= 15 is 0 Å². The topological polar surface area (TPSA) is 92.0 Å². The fourth-order valence-electron chi connectivity index (χ4n) is 3.54. The standard InChI is InChI=1S/C17H18N4O3/c1-20-15(22)12(16(23)21(2)17(20)24)14-13-10(7-8-18-14)9-5-3-4-6-11(9)19-13/h3-6,14,18-19,22H,7-8H2,1-2H3/t14-/m0/s1. The van der Waals surface area contributed by atoms with Crippen molar-refractivity contribution in [1.82, 2.24) is 19.4 Å². The average molecular weight is 326 g/mol. The summed E-state index contributed by atoms with van der Waals surface area (Å²) in [4.78, 5) is 28.0. The molecule has 0 radical (unpaired) electrons. The molecule has 0 unspecified atom stereocenters. The van der Waals surface area contributed by atoms with Crippen molar-refractivity contribution in [2.75, 3.05) is 6.54 Å². The Labute approximate surface area is 137 Å². The van der Waals surface area contributed by atoms with Gasteiger partial charge >= 0.3 is 5.69 Å². The zero-order valence-corrected chi connectivity index (χ0v) is 13.5. The van der Waals surface area contributed by atoms with Gasteiger partial charge in [-0.2, -0.15) is 0 Å². The predicted molar refractivity (Wildman–Crippen MR) is 90.4 cm³/mol. The highest BCUT2D eigenvalue weighted by atomic mass is 16.3. The first-order valence-electron chi connectivity index (χ1n) is 7.82. The van der Waals surface area contributed by atoms with Crippen LogP contribution in [0.2, 0.25) is 0 Å². The highest BCUT2D eigenvalue weighted by Gasteiger charge is 2.31. The minimum Gasteiger partial charge on any atom is -0.494 e. The summed E-state index contributed by atoms with van der Waals surface area (Å²) >= 11 is 0. The molecule has 0 bridgehead atoms. The number of hydrogen-bond acceptors (Lipinski definition) is 4. The van der Waals surface area contributed by atoms with Crippen LogP contribution in [0.1, 0.15) is 22.9 Å². The third-order valence-corrected chi connectivity index (χ3v) is 4.81. The van der Waals surface area contributed by atoms with E-state index < -0.39 is 17.3 Å². The molecule has 4 rings (SSSR count). The minimum atomic E-state index is -0.547. The van der Waals surface area contributed by atoms with Gasteiger partial charge in [-0.25, -0.2) is 4.79 Å². The third kappa shape index (κ3) is 1.88. The Balaban J connectivity index is 2.02. The average Bonchev–Trinajstić information content (AvgIpc) is 2.98. The number of nitrogens with one attached hydrogen (secondary N) is 2. The highest BCUT2D eigenvalue weighted by molar-refractivity contribution is 5.85. The lowest BCUT2D eigenvalue weighted by Gasteiger charge is -2.25. The summed E-state index contributed by atoms with van der Waals surface area (Å²) in [6, 6.07) is 7.49. The zero-order chi connectivity index (χ0) is 17.0. The van der Waals surface area contributed by atoms with Gasteiger partial charge in [0.05, 0.1) is 6.04 Å². The van der Waals surface area contributed by atoms with Gasteiger partial charge in [0.2, 0.25) is 5.88 Å². The fourth-order valence-corrected chi connectivity index (χ4v) is 3.54. The number of aromatic nitrogens is 3. The number of aromatic hydroxyl groups is 1. The molecule has 7 heteroatoms. The molecule has 1 aromatic carbocycles. The smallest absolute Gasteiger partial charge is 0.333 e. The molecule has 0 aliphatic carbocycles. The summed E-state index contributed by atoms with van der Waals surface area (Å²) in [6.45, 7) is 0.685. The predicted octanol–water partition coefficient (Wildman–Crippen LogP) is 0.506. The van der Waals surface area contributed by atoms with Gasteiger partial charge in [0, 0.05) is 37.2 Å². The molecule has 3 N–H and O–H groups in total. The Morgan fingerprint density at radius 2 is 1.92 bits per heavy atom. The second-order valence-electron chi connectivity index (χ2n) is 6.14. The van der Waals surface area contributed by atoms with Gasteiger partial charge in [-0.1, -0.05) is 18.2 Å². The molecule has 124 valence electrons. The zero-order valence-electron chi connectivity index (χ0n) is 13.5. The van der Waals surface area contributed by atoms with E-state index in [1.54, 1.807) is 0 Å². The van der Waals surface area contributed by atoms with E-state index in [9.17, 15) is 14.7 Å². The lowest BCUT2D eigenvalue weighted by atomic mass is 9.95. The summed E-state index contributed by atoms with van der Waals surface area (Å²) in [5.41, 5.74) is 2.16. The number of aromatic amines is 1. The Morgan fingerprint density at radius 3 is 2.71 bits per heavy atom. The number of para-hydroxylation sites is 1. The second kappa shape index (κ2) is 5.10. The fraction of sp³-hybridized carbons (Fsp3) is 0.294. The summed E-state index contributed by atoms with van der Waals surface area (Å²) in [5, 5.41) is 14.8. The molecule has 3 aromatic rings. The van der Waals surface area contributed by atoms with Crippen LogP contribution in [0.25, 0.3) is 10.9 Å². The van der Waals surface area contributed by atoms with Crippen molar-refractivity contribution in [3.05, 3.63) is 61.9 Å². The molecule has 0 amide bonds. The highest BCUT2D eigenvalue weighted by Crippen LogP contribution is 2.34. The second-order valence-corrected chi connectivity index (χ2v) is 6.14. The van der Waals surface area contributed by atoms with Gasteiger partial charge in [-0.3, -0.25) is 13.9 Å². The minimum absolute atomic E-state index is 0.187. The maximum Gasteiger partial charge on any atom is 0.333 e. The molecular weight excluding hydrogens is 308 g/mol. The molecular formula is C17H18N4O3. The lowest BCUT2D eigenvalue weighted by molar-refractivity contribution is 0.391. The van der Waals surface area contributed by atoms with Crippen molar-refractivity contribution in [2.24, 2.45) is 14.1 Å². The van der Waals surface area contributed by atoms with Gasteiger partial charge in [0.25, 0.3) is 5.56 Å². The van der Waals surface area contributed by atoms with Crippen molar-refractivity contribution in [2.45, 2.75) is 12.5 Å². The number of nitrogens with zero attached hydrogens (tertiary/aromatic N) is 2. The van der Waals surface area contributed by atoms with Crippen LogP contribution in [-0.4, -0.2) is 25.8 Å². The van der Waals surface area contributed by atoms with Crippen LogP contribution in [0.3, 0.4) is 0 Å². The Bertz CT molecular complexity index is 1070. The molecule has 3 heterocycles. The van der Waals surface area contributed by atoms with Crippen LogP contribution in [0.5, 0.6) is 5.88 Å². The van der Waals surface area contributed by atoms with Gasteiger partial charge < -0.3 is 15.4 Å². The van der Waals surface area contributed by atoms with Crippen molar-refractivity contribution in [3.63, 3.8) is 0 Å². The molecule has 0 spiro atoms. The first-order chi connectivity index (χ1) is 11.5. The summed E-state index contributed by atoms with van der Waals surface area (Å²) in [7, 11) is 2.87. The normalized spacial score (nSPS) is 17.2. The van der Waals surface area contributed by atoms with Crippen molar-refractivity contribution >= 4 is 10.9 Å². The lowest BCUT2D eigenvalue weighted by Crippen LogP contribution is -2.42. The molecule has 2 aromatic heterocycles. The SMILES string of the molecule is Cn1c(O)c([C@@H]2NCCc3c2[nH]c2ccccc32)c(=O)n(C)c1=O. The van der Waals surface area contributed by atoms with Crippen molar-refractivity contribution < 1.29 is 5.11 Å². The van der Waals surface area contributed by atoms with E-state index in [0.29, 0.717) is 6.54 Å². The number of fused-ring (bicyclic) bond motifs is 3. The van der Waals surface area contributed by atoms with E-state index in [1.165, 1.54) is 14.1 Å². The molecule has 1 aliphatic heterocycles. The van der Waals surface area contributed by atoms with Gasteiger partial charge in [0.15, 0.2) is 0 Å². The van der Waals surface area contributed by atoms with Gasteiger partial charge in [-0.15, -0.1) is 0 Å². The number of hydrogen-bond donors (Lipinski definition) is 3. The Kier molecular flexibility index (Phi) is 3.14. The monoisotopic (exact) mass is 326 g/mol. The van der Waals surface area contributed by atoms with Crippen LogP contribution in [0.15, 0.2) is 33.9 Å². The quantitative estimate of drug-likeness (QED) is 0.607. The maximum atomic E-state index is 12.6. The summed E-state index contributed by atoms with van der Waals surface area (Å²) in [6.07, 6.45) is 0.836. The number of rotatable bonds is 1. The maximum absolute atomic E-state index is 12.6. The van der Waals surface area contributed by atoms with E-state index in [1.807, 2.05) is 24.3 Å². The first-order valence-corrected chi connectivity index (χ1v) is 7.82. The van der Waals surface area contributed by atoms with Gasteiger partial charge in [-0.05, 0) is 18.1 Å². The molecule has 0 fully saturated rings. The van der Waals surface area contributed by atoms with E-state index in [-0.39, 0.29) is 11.4 Å². The Hall–Kier alpha value is -2.80. The van der Waals surface area contributed by atoms with Crippen LogP contribution in [-0.2, 0) is 20.5 Å². The Morgan fingerprint density at radius 1 is 1.17 bits per heavy atom. The van der Waals surface area contributed by atoms with Crippen LogP contribution in [0.4, 0.5) is 0 Å². The molecule has 0 saturated carbocycles. The number of H-pyrrole nitrogens is 1. The third-order valence-electron chi connectivity index (χ3n) is 4.81. The van der Waals surface area contributed by atoms with Crippen molar-refractivity contribution in [3.8, 4) is 5.88 Å². The van der Waals surface area contributed by atoms with Crippen LogP contribution < -0.4 is 16.6 Å². The number of benzene rings is 1. The largest absolute Gasteiger partial charge is 0.494 e. The summed E-state index contributed by atoms with van der Waals surface area (Å²) in [5.74, 6) is -0.299.